The molecule has 3 atom stereocenters. The summed E-state index contributed by atoms with van der Waals surface area (Å²) in [6, 6.07) is 0.0683. The fourth-order valence-electron chi connectivity index (χ4n) is 3.23. The van der Waals surface area contributed by atoms with Gasteiger partial charge in [0.25, 0.3) is 0 Å². The van der Waals surface area contributed by atoms with E-state index in [1.807, 2.05) is 0 Å². The van der Waals surface area contributed by atoms with Crippen LogP contribution in [0.3, 0.4) is 0 Å². The zero-order chi connectivity index (χ0) is 13.0. The van der Waals surface area contributed by atoms with E-state index in [4.69, 9.17) is 5.73 Å². The summed E-state index contributed by atoms with van der Waals surface area (Å²) in [5, 5.41) is 3.13. The maximum atomic E-state index is 12.2. The molecule has 0 bridgehead atoms. The monoisotopic (exact) mass is 253 g/mol. The molecule has 0 spiro atoms. The third kappa shape index (κ3) is 3.69. The van der Waals surface area contributed by atoms with Gasteiger partial charge in [0, 0.05) is 19.1 Å². The zero-order valence-corrected chi connectivity index (χ0v) is 11.5. The van der Waals surface area contributed by atoms with Crippen LogP contribution in [0.1, 0.15) is 38.5 Å². The Bertz CT molecular complexity index is 282. The Kier molecular flexibility index (Phi) is 5.01. The molecule has 0 aromatic heterocycles. The summed E-state index contributed by atoms with van der Waals surface area (Å²) in [4.78, 5) is 14.5. The van der Waals surface area contributed by atoms with Crippen LogP contribution < -0.4 is 11.1 Å². The van der Waals surface area contributed by atoms with Crippen molar-refractivity contribution in [2.45, 2.75) is 44.6 Å². The molecule has 0 aromatic carbocycles. The number of nitrogens with two attached hydrogens (primary N) is 1. The quantitative estimate of drug-likeness (QED) is 0.737. The van der Waals surface area contributed by atoms with Crippen LogP contribution in [0.15, 0.2) is 0 Å². The van der Waals surface area contributed by atoms with Crippen molar-refractivity contribution in [2.75, 3.05) is 26.7 Å². The van der Waals surface area contributed by atoms with Gasteiger partial charge in [-0.3, -0.25) is 4.79 Å². The first-order valence-electron chi connectivity index (χ1n) is 7.38. The van der Waals surface area contributed by atoms with Gasteiger partial charge < -0.3 is 16.0 Å². The molecule has 1 saturated heterocycles. The number of amides is 1. The first-order chi connectivity index (χ1) is 8.66. The van der Waals surface area contributed by atoms with Gasteiger partial charge in [-0.15, -0.1) is 0 Å². The summed E-state index contributed by atoms with van der Waals surface area (Å²) < 4.78 is 0. The highest BCUT2D eigenvalue weighted by Gasteiger charge is 2.28. The van der Waals surface area contributed by atoms with Crippen LogP contribution in [0.5, 0.6) is 0 Å². The Labute approximate surface area is 110 Å². The molecule has 4 nitrogen and oxygen atoms in total. The molecular weight excluding hydrogens is 226 g/mol. The molecular formula is C14H27N3O. The van der Waals surface area contributed by atoms with Crippen molar-refractivity contribution in [2.24, 2.45) is 17.6 Å². The highest BCUT2D eigenvalue weighted by atomic mass is 16.1. The Hall–Kier alpha value is -0.610. The lowest BCUT2D eigenvalue weighted by molar-refractivity contribution is -0.126. The molecule has 3 unspecified atom stereocenters. The van der Waals surface area contributed by atoms with E-state index in [9.17, 15) is 4.79 Å². The average Bonchev–Trinajstić information content (AvgIpc) is 2.64. The van der Waals surface area contributed by atoms with Gasteiger partial charge in [0.2, 0.25) is 5.91 Å². The largest absolute Gasteiger partial charge is 0.355 e. The predicted octanol–water partition coefficient (Wildman–Crippen LogP) is 0.962. The highest BCUT2D eigenvalue weighted by Crippen LogP contribution is 2.22. The van der Waals surface area contributed by atoms with Crippen LogP contribution in [0, 0.1) is 11.8 Å². The molecule has 1 saturated carbocycles. The minimum Gasteiger partial charge on any atom is -0.355 e. The van der Waals surface area contributed by atoms with Gasteiger partial charge >= 0.3 is 0 Å². The topological polar surface area (TPSA) is 58.4 Å². The van der Waals surface area contributed by atoms with Crippen molar-refractivity contribution in [3.05, 3.63) is 0 Å². The SMILES string of the molecule is CN1CCC(CNC(=O)C2CCCCCC2N)C1. The molecule has 2 fully saturated rings. The second-order valence-corrected chi connectivity index (χ2v) is 6.07. The predicted molar refractivity (Wildman–Crippen MR) is 73.2 cm³/mol. The van der Waals surface area contributed by atoms with Crippen molar-refractivity contribution < 1.29 is 4.79 Å². The van der Waals surface area contributed by atoms with Gasteiger partial charge in [0.1, 0.15) is 0 Å². The van der Waals surface area contributed by atoms with E-state index in [1.165, 1.54) is 19.3 Å². The number of nitrogens with one attached hydrogen (secondary N) is 1. The smallest absolute Gasteiger partial charge is 0.224 e. The van der Waals surface area contributed by atoms with Crippen molar-refractivity contribution in [1.82, 2.24) is 10.2 Å². The summed E-state index contributed by atoms with van der Waals surface area (Å²) in [5.74, 6) is 0.867. The van der Waals surface area contributed by atoms with Gasteiger partial charge in [-0.05, 0) is 38.8 Å². The van der Waals surface area contributed by atoms with Crippen molar-refractivity contribution in [3.63, 3.8) is 0 Å². The Morgan fingerprint density at radius 1 is 1.28 bits per heavy atom. The summed E-state index contributed by atoms with van der Waals surface area (Å²) in [6.07, 6.45) is 6.73. The summed E-state index contributed by atoms with van der Waals surface area (Å²) in [7, 11) is 2.14. The molecule has 0 radical (unpaired) electrons. The van der Waals surface area contributed by atoms with E-state index in [0.717, 1.165) is 38.9 Å². The van der Waals surface area contributed by atoms with Gasteiger partial charge in [0.05, 0.1) is 5.92 Å². The molecule has 2 rings (SSSR count). The van der Waals surface area contributed by atoms with Crippen molar-refractivity contribution in [1.29, 1.82) is 0 Å². The minimum absolute atomic E-state index is 0.0478. The van der Waals surface area contributed by atoms with Crippen LogP contribution in [-0.2, 0) is 4.79 Å². The molecule has 3 N–H and O–H groups in total. The lowest BCUT2D eigenvalue weighted by atomic mass is 9.94. The average molecular weight is 253 g/mol. The van der Waals surface area contributed by atoms with Crippen LogP contribution in [0.4, 0.5) is 0 Å². The lowest BCUT2D eigenvalue weighted by Gasteiger charge is -2.21. The van der Waals surface area contributed by atoms with Gasteiger partial charge in [0.15, 0.2) is 0 Å². The zero-order valence-electron chi connectivity index (χ0n) is 11.5. The molecule has 2 aliphatic rings. The first kappa shape index (κ1) is 13.8. The van der Waals surface area contributed by atoms with Crippen LogP contribution in [0.25, 0.3) is 0 Å². The van der Waals surface area contributed by atoms with E-state index >= 15 is 0 Å². The Morgan fingerprint density at radius 3 is 2.78 bits per heavy atom. The Balaban J connectivity index is 1.76. The van der Waals surface area contributed by atoms with Crippen LogP contribution >= 0.6 is 0 Å². The standard InChI is InChI=1S/C14H27N3O/c1-17-8-7-11(10-17)9-16-14(18)12-5-3-2-4-6-13(12)15/h11-13H,2-10,15H2,1H3,(H,16,18). The van der Waals surface area contributed by atoms with Crippen molar-refractivity contribution >= 4 is 5.91 Å². The molecule has 1 amide bonds. The normalized spacial score (nSPS) is 34.2. The number of nitrogens with zero attached hydrogens (tertiary/aromatic N) is 1. The van der Waals surface area contributed by atoms with E-state index in [0.29, 0.717) is 5.92 Å². The van der Waals surface area contributed by atoms with E-state index in [-0.39, 0.29) is 17.9 Å². The Morgan fingerprint density at radius 2 is 2.06 bits per heavy atom. The first-order valence-corrected chi connectivity index (χ1v) is 7.38. The fraction of sp³-hybridized carbons (Fsp3) is 0.929. The number of likely N-dealkylation sites (tertiary alicyclic amines) is 1. The number of carbonyl (C=O) groups excluding carboxylic acids is 1. The van der Waals surface area contributed by atoms with Crippen molar-refractivity contribution in [3.8, 4) is 0 Å². The summed E-state index contributed by atoms with van der Waals surface area (Å²) in [5.41, 5.74) is 6.12. The number of hydrogen-bond donors (Lipinski definition) is 2. The summed E-state index contributed by atoms with van der Waals surface area (Å²) >= 11 is 0. The molecule has 4 heteroatoms. The fourth-order valence-corrected chi connectivity index (χ4v) is 3.23. The molecule has 1 aliphatic carbocycles. The molecule has 1 heterocycles. The number of rotatable bonds is 3. The van der Waals surface area contributed by atoms with Crippen LogP contribution in [0.2, 0.25) is 0 Å². The van der Waals surface area contributed by atoms with E-state index < -0.39 is 0 Å². The molecule has 1 aliphatic heterocycles. The maximum Gasteiger partial charge on any atom is 0.224 e. The maximum absolute atomic E-state index is 12.2. The van der Waals surface area contributed by atoms with E-state index in [1.54, 1.807) is 0 Å². The highest BCUT2D eigenvalue weighted by molar-refractivity contribution is 5.79. The number of carbonyl (C=O) groups is 1. The summed E-state index contributed by atoms with van der Waals surface area (Å²) in [6.45, 7) is 3.09. The van der Waals surface area contributed by atoms with E-state index in [2.05, 4.69) is 17.3 Å². The molecule has 0 aromatic rings. The number of hydrogen-bond acceptors (Lipinski definition) is 3. The molecule has 104 valence electrons. The van der Waals surface area contributed by atoms with Gasteiger partial charge in [-0.1, -0.05) is 19.3 Å². The molecule has 18 heavy (non-hydrogen) atoms. The third-order valence-electron chi connectivity index (χ3n) is 4.46. The minimum atomic E-state index is 0.0478. The van der Waals surface area contributed by atoms with Gasteiger partial charge in [-0.25, -0.2) is 0 Å². The second kappa shape index (κ2) is 6.53. The third-order valence-corrected chi connectivity index (χ3v) is 4.46. The van der Waals surface area contributed by atoms with Gasteiger partial charge in [-0.2, -0.15) is 0 Å². The lowest BCUT2D eigenvalue weighted by Crippen LogP contribution is -2.43. The second-order valence-electron chi connectivity index (χ2n) is 6.07. The van der Waals surface area contributed by atoms with Crippen LogP contribution in [-0.4, -0.2) is 43.5 Å².